The monoisotopic (exact) mass is 405 g/mol. The lowest BCUT2D eigenvalue weighted by Gasteiger charge is -2.52. The van der Waals surface area contributed by atoms with Gasteiger partial charge in [-0.25, -0.2) is 0 Å². The Labute approximate surface area is 182 Å². The summed E-state index contributed by atoms with van der Waals surface area (Å²) in [4.78, 5) is 3.48. The Hall–Kier alpha value is -1.80. The minimum absolute atomic E-state index is 0.0822. The fraction of sp³-hybridized carbons (Fsp3) is 0.571. The lowest BCUT2D eigenvalue weighted by atomic mass is 9.53. The van der Waals surface area contributed by atoms with Crippen molar-refractivity contribution in [2.75, 3.05) is 0 Å². The number of hydrogen-bond acceptors (Lipinski definition) is 1. The van der Waals surface area contributed by atoms with E-state index in [-0.39, 0.29) is 16.9 Å². The Kier molecular flexibility index (Phi) is 5.74. The van der Waals surface area contributed by atoms with Gasteiger partial charge in [0.05, 0.1) is 6.10 Å². The summed E-state index contributed by atoms with van der Waals surface area (Å²) in [7, 11) is 0. The minimum atomic E-state index is -0.215. The third-order valence-electron chi connectivity index (χ3n) is 8.51. The molecule has 0 saturated heterocycles. The number of aliphatic hydroxyl groups is 1. The van der Waals surface area contributed by atoms with Crippen molar-refractivity contribution in [3.05, 3.63) is 58.8 Å². The Morgan fingerprint density at radius 1 is 1.10 bits per heavy atom. The molecular formula is C28H39NO. The van der Waals surface area contributed by atoms with Crippen molar-refractivity contribution in [2.45, 2.75) is 85.7 Å². The molecule has 1 aromatic carbocycles. The van der Waals surface area contributed by atoms with Crippen LogP contribution in [-0.2, 0) is 6.42 Å². The third-order valence-corrected chi connectivity index (χ3v) is 8.51. The average Bonchev–Trinajstić information content (AvgIpc) is 3.10. The molecule has 0 fully saturated rings. The van der Waals surface area contributed by atoms with Gasteiger partial charge in [0.25, 0.3) is 0 Å². The van der Waals surface area contributed by atoms with Gasteiger partial charge in [0.1, 0.15) is 0 Å². The second-order valence-corrected chi connectivity index (χ2v) is 10.6. The number of rotatable bonds is 5. The van der Waals surface area contributed by atoms with Crippen molar-refractivity contribution < 1.29 is 5.11 Å². The van der Waals surface area contributed by atoms with Crippen LogP contribution in [0, 0.1) is 16.7 Å². The minimum Gasteiger partial charge on any atom is -0.392 e. The molecule has 0 radical (unpaired) electrons. The van der Waals surface area contributed by atoms with Gasteiger partial charge in [-0.1, -0.05) is 61.8 Å². The number of benzene rings is 1. The van der Waals surface area contributed by atoms with Gasteiger partial charge in [0, 0.05) is 22.5 Å². The zero-order chi connectivity index (χ0) is 21.5. The highest BCUT2D eigenvalue weighted by molar-refractivity contribution is 5.83. The predicted octanol–water partition coefficient (Wildman–Crippen LogP) is 7.35. The lowest BCUT2D eigenvalue weighted by molar-refractivity contribution is 0.0249. The van der Waals surface area contributed by atoms with Gasteiger partial charge in [-0.05, 0) is 81.8 Å². The molecule has 2 aliphatic carbocycles. The van der Waals surface area contributed by atoms with Crippen LogP contribution in [0.3, 0.4) is 0 Å². The predicted molar refractivity (Wildman–Crippen MR) is 128 cm³/mol. The van der Waals surface area contributed by atoms with Crippen LogP contribution < -0.4 is 0 Å². The van der Waals surface area contributed by atoms with E-state index >= 15 is 0 Å². The van der Waals surface area contributed by atoms with Crippen molar-refractivity contribution in [1.29, 1.82) is 0 Å². The van der Waals surface area contributed by atoms with Crippen molar-refractivity contribution in [2.24, 2.45) is 16.7 Å². The molecule has 4 unspecified atom stereocenters. The van der Waals surface area contributed by atoms with Crippen molar-refractivity contribution >= 4 is 10.9 Å². The molecule has 2 nitrogen and oxygen atoms in total. The van der Waals surface area contributed by atoms with Crippen LogP contribution in [-0.4, -0.2) is 16.2 Å². The lowest BCUT2D eigenvalue weighted by Crippen LogP contribution is -2.45. The van der Waals surface area contributed by atoms with E-state index in [1.807, 2.05) is 0 Å². The number of fused-ring (bicyclic) bond motifs is 1. The zero-order valence-corrected chi connectivity index (χ0v) is 19.5. The summed E-state index contributed by atoms with van der Waals surface area (Å²) < 4.78 is 0. The van der Waals surface area contributed by atoms with E-state index in [0.29, 0.717) is 5.92 Å². The highest BCUT2D eigenvalue weighted by atomic mass is 16.3. The number of H-pyrrole nitrogens is 1. The molecular weight excluding hydrogens is 366 g/mol. The van der Waals surface area contributed by atoms with Crippen LogP contribution in [0.4, 0.5) is 0 Å². The first-order valence-corrected chi connectivity index (χ1v) is 11.8. The Balaban J connectivity index is 1.73. The number of aromatic amines is 1. The first-order chi connectivity index (χ1) is 14.3. The van der Waals surface area contributed by atoms with Crippen molar-refractivity contribution in [3.63, 3.8) is 0 Å². The van der Waals surface area contributed by atoms with Gasteiger partial charge in [-0.3, -0.25) is 0 Å². The van der Waals surface area contributed by atoms with Crippen LogP contribution in [0.5, 0.6) is 0 Å². The van der Waals surface area contributed by atoms with Gasteiger partial charge in [-0.15, -0.1) is 0 Å². The number of aliphatic hydroxyl groups excluding tert-OH is 1. The molecule has 4 atom stereocenters. The van der Waals surface area contributed by atoms with E-state index in [2.05, 4.69) is 76.1 Å². The second-order valence-electron chi connectivity index (χ2n) is 10.6. The molecule has 1 heterocycles. The highest BCUT2D eigenvalue weighted by Crippen LogP contribution is 2.57. The summed E-state index contributed by atoms with van der Waals surface area (Å²) in [5, 5.41) is 12.5. The molecule has 0 spiro atoms. The van der Waals surface area contributed by atoms with Crippen LogP contribution in [0.25, 0.3) is 10.9 Å². The molecule has 2 heteroatoms. The molecule has 0 amide bonds. The van der Waals surface area contributed by atoms with E-state index in [1.165, 1.54) is 28.5 Å². The number of para-hydroxylation sites is 1. The van der Waals surface area contributed by atoms with E-state index < -0.39 is 0 Å². The zero-order valence-electron chi connectivity index (χ0n) is 19.5. The van der Waals surface area contributed by atoms with Crippen LogP contribution in [0.15, 0.2) is 53.3 Å². The quantitative estimate of drug-likeness (QED) is 0.501. The number of nitrogens with one attached hydrogen (secondary N) is 1. The van der Waals surface area contributed by atoms with E-state index in [1.54, 1.807) is 11.1 Å². The first kappa shape index (κ1) is 21.4. The molecule has 2 aromatic rings. The normalized spacial score (nSPS) is 31.7. The Morgan fingerprint density at radius 3 is 2.57 bits per heavy atom. The maximum absolute atomic E-state index is 11.1. The third kappa shape index (κ3) is 3.58. The Bertz CT molecular complexity index is 975. The van der Waals surface area contributed by atoms with Gasteiger partial charge >= 0.3 is 0 Å². The summed E-state index contributed by atoms with van der Waals surface area (Å²) in [6.45, 7) is 11.6. The van der Waals surface area contributed by atoms with Crippen LogP contribution >= 0.6 is 0 Å². The number of hydrogen-bond donors (Lipinski definition) is 2. The SMILES string of the molecule is CC(C)=CCCC1(C)C2=C(CCC1O)C(C)(Cc1c[nH]c3ccccc13)C(C)CC2. The molecule has 30 heavy (non-hydrogen) atoms. The molecule has 0 bridgehead atoms. The van der Waals surface area contributed by atoms with E-state index in [9.17, 15) is 5.11 Å². The highest BCUT2D eigenvalue weighted by Gasteiger charge is 2.48. The maximum Gasteiger partial charge on any atom is 0.0634 e. The standard InChI is InChI=1S/C28H39NO/c1-19(2)9-8-16-27(4)23-13-12-20(3)28(5,24(23)14-15-26(27)30)17-21-18-29-25-11-7-6-10-22(21)25/h6-7,9-11,18,20,26,29-30H,8,12-17H2,1-5H3. The number of aromatic nitrogens is 1. The molecule has 0 saturated carbocycles. The smallest absolute Gasteiger partial charge is 0.0634 e. The second kappa shape index (κ2) is 8.04. The number of allylic oxidation sites excluding steroid dienone is 3. The maximum atomic E-state index is 11.1. The molecule has 2 aliphatic rings. The van der Waals surface area contributed by atoms with Crippen LogP contribution in [0.1, 0.15) is 78.7 Å². The van der Waals surface area contributed by atoms with Gasteiger partial charge in [0.2, 0.25) is 0 Å². The summed E-state index contributed by atoms with van der Waals surface area (Å²) >= 11 is 0. The topological polar surface area (TPSA) is 36.0 Å². The van der Waals surface area contributed by atoms with Crippen molar-refractivity contribution in [1.82, 2.24) is 4.98 Å². The fourth-order valence-electron chi connectivity index (χ4n) is 6.27. The molecule has 0 aliphatic heterocycles. The van der Waals surface area contributed by atoms with E-state index in [4.69, 9.17) is 0 Å². The van der Waals surface area contributed by atoms with Crippen LogP contribution in [0.2, 0.25) is 0 Å². The summed E-state index contributed by atoms with van der Waals surface area (Å²) in [6, 6.07) is 8.68. The molecule has 162 valence electrons. The molecule has 4 rings (SSSR count). The average molecular weight is 406 g/mol. The summed E-state index contributed by atoms with van der Waals surface area (Å²) in [5.41, 5.74) is 7.38. The van der Waals surface area contributed by atoms with Gasteiger partial charge in [-0.2, -0.15) is 0 Å². The van der Waals surface area contributed by atoms with E-state index in [0.717, 1.165) is 38.5 Å². The fourth-order valence-corrected chi connectivity index (χ4v) is 6.27. The molecule has 1 aromatic heterocycles. The summed E-state index contributed by atoms with van der Waals surface area (Å²) in [5.74, 6) is 0.655. The first-order valence-electron chi connectivity index (χ1n) is 11.8. The molecule has 2 N–H and O–H groups in total. The Morgan fingerprint density at radius 2 is 1.80 bits per heavy atom. The van der Waals surface area contributed by atoms with Crippen molar-refractivity contribution in [3.8, 4) is 0 Å². The van der Waals surface area contributed by atoms with Gasteiger partial charge < -0.3 is 10.1 Å². The largest absolute Gasteiger partial charge is 0.392 e. The summed E-state index contributed by atoms with van der Waals surface area (Å²) in [6.07, 6.45) is 11.9. The van der Waals surface area contributed by atoms with Gasteiger partial charge in [0.15, 0.2) is 0 Å².